The van der Waals surface area contributed by atoms with E-state index in [9.17, 15) is 4.79 Å². The highest BCUT2D eigenvalue weighted by Crippen LogP contribution is 2.36. The van der Waals surface area contributed by atoms with Crippen molar-refractivity contribution in [3.8, 4) is 0 Å². The van der Waals surface area contributed by atoms with Crippen LogP contribution < -0.4 is 10.6 Å². The first-order valence-electron chi connectivity index (χ1n) is 10.6. The van der Waals surface area contributed by atoms with Crippen LogP contribution in [0.3, 0.4) is 0 Å². The Labute approximate surface area is 196 Å². The summed E-state index contributed by atoms with van der Waals surface area (Å²) in [6.45, 7) is 4.00. The van der Waals surface area contributed by atoms with Gasteiger partial charge in [0.15, 0.2) is 0 Å². The minimum Gasteiger partial charge on any atom is -0.324 e. The number of aryl methyl sites for hydroxylation is 2. The molecular weight excluding hydrogens is 434 g/mol. The molecule has 1 amide bonds. The fourth-order valence-electron chi connectivity index (χ4n) is 3.84. The van der Waals surface area contributed by atoms with Crippen molar-refractivity contribution in [3.63, 3.8) is 0 Å². The Kier molecular flexibility index (Phi) is 5.44. The standard InChI is InChI=1S/C26H22ClN5O/c1-16-10-12-18(13-11-16)22-15-23(20-8-3-4-9-21(20)27)32-26(28-22)30-25(31-32)29-24(33)19-7-5-6-17(2)14-19/h3-15,23H,1-2H3,(H2,28,29,30,31,33)/t23-/m0/s1. The van der Waals surface area contributed by atoms with E-state index in [2.05, 4.69) is 58.0 Å². The van der Waals surface area contributed by atoms with Gasteiger partial charge in [-0.3, -0.25) is 10.1 Å². The first kappa shape index (κ1) is 21.0. The van der Waals surface area contributed by atoms with Gasteiger partial charge in [-0.2, -0.15) is 4.98 Å². The Balaban J connectivity index is 1.53. The van der Waals surface area contributed by atoms with Crippen LogP contribution in [0.2, 0.25) is 5.02 Å². The fourth-order valence-corrected chi connectivity index (χ4v) is 4.09. The molecule has 6 nitrogen and oxygen atoms in total. The second-order valence-corrected chi connectivity index (χ2v) is 8.47. The van der Waals surface area contributed by atoms with Gasteiger partial charge in [0.25, 0.3) is 11.9 Å². The minimum atomic E-state index is -0.289. The number of carbonyl (C=O) groups excluding carboxylic acids is 1. The molecule has 0 saturated heterocycles. The molecule has 1 aliphatic rings. The summed E-state index contributed by atoms with van der Waals surface area (Å²) < 4.78 is 1.74. The van der Waals surface area contributed by atoms with E-state index in [-0.39, 0.29) is 17.9 Å². The Morgan fingerprint density at radius 3 is 2.55 bits per heavy atom. The largest absolute Gasteiger partial charge is 0.324 e. The number of halogens is 1. The van der Waals surface area contributed by atoms with Gasteiger partial charge < -0.3 is 5.32 Å². The Morgan fingerprint density at radius 1 is 1.00 bits per heavy atom. The number of nitrogens with zero attached hydrogens (tertiary/aromatic N) is 3. The molecule has 2 heterocycles. The quantitative estimate of drug-likeness (QED) is 0.404. The molecule has 1 aromatic heterocycles. The van der Waals surface area contributed by atoms with E-state index in [1.165, 1.54) is 5.56 Å². The lowest BCUT2D eigenvalue weighted by Gasteiger charge is -2.25. The van der Waals surface area contributed by atoms with E-state index >= 15 is 0 Å². The molecule has 0 radical (unpaired) electrons. The predicted octanol–water partition coefficient (Wildman–Crippen LogP) is 5.86. The van der Waals surface area contributed by atoms with Crippen LogP contribution in [0.15, 0.2) is 78.9 Å². The van der Waals surface area contributed by atoms with E-state index < -0.39 is 0 Å². The van der Waals surface area contributed by atoms with E-state index in [4.69, 9.17) is 11.6 Å². The molecular formula is C26H22ClN5O. The van der Waals surface area contributed by atoms with Gasteiger partial charge in [-0.1, -0.05) is 77.3 Å². The summed E-state index contributed by atoms with van der Waals surface area (Å²) in [5.74, 6) is 0.486. The molecule has 0 fully saturated rings. The molecule has 2 N–H and O–H groups in total. The summed E-state index contributed by atoms with van der Waals surface area (Å²) in [6, 6.07) is 23.0. The van der Waals surface area contributed by atoms with Gasteiger partial charge in [-0.25, -0.2) is 4.68 Å². The zero-order valence-electron chi connectivity index (χ0n) is 18.2. The molecule has 1 aliphatic heterocycles. The van der Waals surface area contributed by atoms with Crippen molar-refractivity contribution >= 4 is 35.1 Å². The topological polar surface area (TPSA) is 71.8 Å². The second-order valence-electron chi connectivity index (χ2n) is 8.06. The maximum Gasteiger partial charge on any atom is 0.258 e. The Hall–Kier alpha value is -3.90. The average molecular weight is 456 g/mol. The molecule has 0 aliphatic carbocycles. The normalized spacial score (nSPS) is 14.8. The number of nitrogens with one attached hydrogen (secondary N) is 2. The number of anilines is 2. The lowest BCUT2D eigenvalue weighted by Crippen LogP contribution is -2.20. The number of hydrogen-bond donors (Lipinski definition) is 2. The lowest BCUT2D eigenvalue weighted by atomic mass is 10.0. The summed E-state index contributed by atoms with van der Waals surface area (Å²) in [5.41, 5.74) is 5.56. The number of benzene rings is 3. The Morgan fingerprint density at radius 2 is 1.79 bits per heavy atom. The summed E-state index contributed by atoms with van der Waals surface area (Å²) >= 11 is 6.54. The van der Waals surface area contributed by atoms with Gasteiger partial charge in [-0.05, 0) is 49.2 Å². The highest BCUT2D eigenvalue weighted by atomic mass is 35.5. The zero-order valence-corrected chi connectivity index (χ0v) is 19.0. The monoisotopic (exact) mass is 455 g/mol. The third-order valence-corrected chi connectivity index (χ3v) is 5.90. The van der Waals surface area contributed by atoms with Gasteiger partial charge >= 0.3 is 0 Å². The minimum absolute atomic E-state index is 0.222. The number of carbonyl (C=O) groups is 1. The second kappa shape index (κ2) is 8.56. The zero-order chi connectivity index (χ0) is 22.9. The number of hydrogen-bond acceptors (Lipinski definition) is 4. The van der Waals surface area contributed by atoms with Crippen LogP contribution in [0.1, 0.15) is 38.7 Å². The predicted molar refractivity (Wildman–Crippen MR) is 132 cm³/mol. The maximum absolute atomic E-state index is 12.7. The van der Waals surface area contributed by atoms with Gasteiger partial charge in [-0.15, -0.1) is 5.10 Å². The number of aromatic nitrogens is 3. The van der Waals surface area contributed by atoms with Crippen LogP contribution >= 0.6 is 11.6 Å². The van der Waals surface area contributed by atoms with Crippen LogP contribution in [0, 0.1) is 13.8 Å². The van der Waals surface area contributed by atoms with E-state index in [1.807, 2.05) is 49.4 Å². The van der Waals surface area contributed by atoms with Crippen LogP contribution in [-0.2, 0) is 0 Å². The molecule has 3 aromatic carbocycles. The number of allylic oxidation sites excluding steroid dienone is 1. The smallest absolute Gasteiger partial charge is 0.258 e. The Bertz CT molecular complexity index is 1370. The molecule has 4 aromatic rings. The van der Waals surface area contributed by atoms with Crippen molar-refractivity contribution < 1.29 is 4.79 Å². The SMILES string of the molecule is Cc1ccc(C2=C[C@@H](c3ccccc3Cl)n3nc(NC(=O)c4cccc(C)c4)nc3N2)cc1. The van der Waals surface area contributed by atoms with Crippen molar-refractivity contribution in [1.29, 1.82) is 0 Å². The van der Waals surface area contributed by atoms with Crippen LogP contribution in [0.4, 0.5) is 11.9 Å². The molecule has 7 heteroatoms. The van der Waals surface area contributed by atoms with Crippen LogP contribution in [-0.4, -0.2) is 20.7 Å². The summed E-state index contributed by atoms with van der Waals surface area (Å²) in [6.07, 6.45) is 2.07. The summed E-state index contributed by atoms with van der Waals surface area (Å²) in [7, 11) is 0. The number of amides is 1. The lowest BCUT2D eigenvalue weighted by molar-refractivity contribution is 0.102. The molecule has 0 unspecified atom stereocenters. The molecule has 5 rings (SSSR count). The third-order valence-electron chi connectivity index (χ3n) is 5.56. The average Bonchev–Trinajstić information content (AvgIpc) is 3.21. The summed E-state index contributed by atoms with van der Waals surface area (Å²) in [4.78, 5) is 17.3. The molecule has 1 atom stereocenters. The molecule has 164 valence electrons. The van der Waals surface area contributed by atoms with Crippen LogP contribution in [0.25, 0.3) is 5.70 Å². The van der Waals surface area contributed by atoms with Crippen molar-refractivity contribution in [2.24, 2.45) is 0 Å². The van der Waals surface area contributed by atoms with Gasteiger partial charge in [0.2, 0.25) is 5.95 Å². The maximum atomic E-state index is 12.7. The number of fused-ring (bicyclic) bond motifs is 1. The molecule has 33 heavy (non-hydrogen) atoms. The number of rotatable bonds is 4. The van der Waals surface area contributed by atoms with Gasteiger partial charge in [0, 0.05) is 16.3 Å². The van der Waals surface area contributed by atoms with Gasteiger partial charge in [0.1, 0.15) is 6.04 Å². The summed E-state index contributed by atoms with van der Waals surface area (Å²) in [5, 5.41) is 11.4. The van der Waals surface area contributed by atoms with E-state index in [0.717, 1.165) is 22.4 Å². The van der Waals surface area contributed by atoms with Gasteiger partial charge in [0.05, 0.1) is 0 Å². The van der Waals surface area contributed by atoms with E-state index in [1.54, 1.807) is 10.7 Å². The fraction of sp³-hybridized carbons (Fsp3) is 0.115. The van der Waals surface area contributed by atoms with Crippen molar-refractivity contribution in [3.05, 3.63) is 112 Å². The molecule has 0 spiro atoms. The van der Waals surface area contributed by atoms with E-state index in [0.29, 0.717) is 16.5 Å². The van der Waals surface area contributed by atoms with Crippen molar-refractivity contribution in [2.75, 3.05) is 10.6 Å². The molecule has 0 bridgehead atoms. The first-order valence-corrected chi connectivity index (χ1v) is 11.0. The van der Waals surface area contributed by atoms with Crippen molar-refractivity contribution in [1.82, 2.24) is 14.8 Å². The third kappa shape index (κ3) is 4.25. The first-order chi connectivity index (χ1) is 16.0. The highest BCUT2D eigenvalue weighted by Gasteiger charge is 2.27. The van der Waals surface area contributed by atoms with Crippen molar-refractivity contribution in [2.45, 2.75) is 19.9 Å². The van der Waals surface area contributed by atoms with Crippen LogP contribution in [0.5, 0.6) is 0 Å². The highest BCUT2D eigenvalue weighted by molar-refractivity contribution is 6.31. The molecule has 0 saturated carbocycles.